The maximum absolute atomic E-state index is 13.2. The average Bonchev–Trinajstić information content (AvgIpc) is 3.23. The summed E-state index contributed by atoms with van der Waals surface area (Å²) < 4.78 is 21.9. The molecular formula is C26H19NO7. The number of nitrogens with one attached hydrogen (secondary N) is 1. The number of methoxy groups -OCH3 is 1. The Bertz CT molecular complexity index is 1470. The zero-order valence-corrected chi connectivity index (χ0v) is 18.1. The van der Waals surface area contributed by atoms with Crippen LogP contribution < -0.4 is 20.2 Å². The van der Waals surface area contributed by atoms with E-state index in [9.17, 15) is 14.4 Å². The Labute approximate surface area is 193 Å². The van der Waals surface area contributed by atoms with Crippen molar-refractivity contribution in [2.75, 3.05) is 19.0 Å². The second kappa shape index (κ2) is 8.74. The first kappa shape index (κ1) is 21.3. The minimum Gasteiger partial charge on any atom is -0.497 e. The van der Waals surface area contributed by atoms with E-state index in [1.54, 1.807) is 73.8 Å². The number of fused-ring (bicyclic) bond motifs is 2. The van der Waals surface area contributed by atoms with Gasteiger partial charge in [-0.2, -0.15) is 0 Å². The highest BCUT2D eigenvalue weighted by Gasteiger charge is 2.22. The molecule has 0 unspecified atom stereocenters. The molecule has 34 heavy (non-hydrogen) atoms. The molecule has 5 rings (SSSR count). The third-order valence-corrected chi connectivity index (χ3v) is 5.42. The summed E-state index contributed by atoms with van der Waals surface area (Å²) in [6.45, 7) is -0.253. The van der Waals surface area contributed by atoms with Crippen molar-refractivity contribution in [2.24, 2.45) is 0 Å². The van der Waals surface area contributed by atoms with Crippen molar-refractivity contribution in [3.05, 3.63) is 88.1 Å². The monoisotopic (exact) mass is 457 g/mol. The van der Waals surface area contributed by atoms with Crippen molar-refractivity contribution in [2.45, 2.75) is 6.61 Å². The first-order valence-electron chi connectivity index (χ1n) is 10.5. The smallest absolute Gasteiger partial charge is 0.338 e. The molecule has 0 saturated carbocycles. The van der Waals surface area contributed by atoms with Crippen LogP contribution in [0.4, 0.5) is 5.69 Å². The quantitative estimate of drug-likeness (QED) is 0.434. The van der Waals surface area contributed by atoms with Crippen LogP contribution in [0.5, 0.6) is 11.5 Å². The normalized spacial score (nSPS) is 12.2. The number of cyclic esters (lactones) is 1. The molecule has 1 N–H and O–H groups in total. The van der Waals surface area contributed by atoms with Crippen molar-refractivity contribution >= 4 is 28.5 Å². The molecular weight excluding hydrogens is 438 g/mol. The largest absolute Gasteiger partial charge is 0.497 e. The molecule has 2 heterocycles. The Hall–Kier alpha value is -4.59. The molecule has 0 fully saturated rings. The van der Waals surface area contributed by atoms with E-state index in [4.69, 9.17) is 18.6 Å². The number of carbonyl (C=O) groups is 2. The van der Waals surface area contributed by atoms with Gasteiger partial charge in [-0.25, -0.2) is 4.79 Å². The second-order valence-electron chi connectivity index (χ2n) is 7.60. The Morgan fingerprint density at radius 3 is 2.62 bits per heavy atom. The number of benzene rings is 3. The number of carbonyl (C=O) groups excluding carboxylic acids is 2. The number of ether oxygens (including phenoxy) is 3. The third kappa shape index (κ3) is 3.97. The van der Waals surface area contributed by atoms with E-state index < -0.39 is 12.5 Å². The lowest BCUT2D eigenvalue weighted by Gasteiger charge is -2.12. The van der Waals surface area contributed by atoms with Crippen LogP contribution in [0.1, 0.15) is 15.9 Å². The Kier molecular flexibility index (Phi) is 5.47. The van der Waals surface area contributed by atoms with Gasteiger partial charge in [0.1, 0.15) is 17.9 Å². The number of amides is 1. The number of hydrogen-bond donors (Lipinski definition) is 1. The first-order chi connectivity index (χ1) is 16.5. The van der Waals surface area contributed by atoms with Gasteiger partial charge in [0.05, 0.1) is 18.1 Å². The molecule has 1 aromatic heterocycles. The molecule has 0 saturated heterocycles. The van der Waals surface area contributed by atoms with E-state index in [0.717, 1.165) is 0 Å². The molecule has 0 aliphatic carbocycles. The molecule has 0 spiro atoms. The van der Waals surface area contributed by atoms with Crippen LogP contribution >= 0.6 is 0 Å². The van der Waals surface area contributed by atoms with E-state index in [1.165, 1.54) is 0 Å². The van der Waals surface area contributed by atoms with Gasteiger partial charge in [0.2, 0.25) is 11.2 Å². The number of hydrogen-bond acceptors (Lipinski definition) is 7. The summed E-state index contributed by atoms with van der Waals surface area (Å²) in [6, 6.07) is 18.7. The van der Waals surface area contributed by atoms with Crippen LogP contribution in [0.3, 0.4) is 0 Å². The predicted molar refractivity (Wildman–Crippen MR) is 124 cm³/mol. The summed E-state index contributed by atoms with van der Waals surface area (Å²) >= 11 is 0. The summed E-state index contributed by atoms with van der Waals surface area (Å²) in [5.41, 5.74) is 2.29. The van der Waals surface area contributed by atoms with Crippen molar-refractivity contribution in [3.63, 3.8) is 0 Å². The molecule has 4 aromatic rings. The molecule has 8 nitrogen and oxygen atoms in total. The SMILES string of the molecule is COc1ccc(-c2oc3ccccc3c(=O)c2OCC(=O)Nc2ccc3c(c2)COC3=O)cc1. The van der Waals surface area contributed by atoms with Crippen LogP contribution in [0.2, 0.25) is 0 Å². The van der Waals surface area contributed by atoms with Crippen molar-refractivity contribution < 1.29 is 28.2 Å². The summed E-state index contributed by atoms with van der Waals surface area (Å²) in [6.07, 6.45) is 0. The van der Waals surface area contributed by atoms with Crippen molar-refractivity contribution in [1.29, 1.82) is 0 Å². The minimum absolute atomic E-state index is 0.0630. The molecule has 1 aliphatic heterocycles. The summed E-state index contributed by atoms with van der Waals surface area (Å²) in [7, 11) is 1.56. The molecule has 170 valence electrons. The molecule has 0 bridgehead atoms. The van der Waals surface area contributed by atoms with Gasteiger partial charge >= 0.3 is 5.97 Å². The molecule has 8 heteroatoms. The zero-order chi connectivity index (χ0) is 23.7. The fourth-order valence-electron chi connectivity index (χ4n) is 3.73. The average molecular weight is 457 g/mol. The Morgan fingerprint density at radius 1 is 1.03 bits per heavy atom. The van der Waals surface area contributed by atoms with Crippen LogP contribution in [0.25, 0.3) is 22.3 Å². The zero-order valence-electron chi connectivity index (χ0n) is 18.1. The topological polar surface area (TPSA) is 104 Å². The molecule has 1 amide bonds. The van der Waals surface area contributed by atoms with Gasteiger partial charge in [0.25, 0.3) is 5.91 Å². The number of rotatable bonds is 6. The van der Waals surface area contributed by atoms with E-state index >= 15 is 0 Å². The fraction of sp³-hybridized carbons (Fsp3) is 0.115. The van der Waals surface area contributed by atoms with E-state index in [1.807, 2.05) is 0 Å². The molecule has 0 radical (unpaired) electrons. The van der Waals surface area contributed by atoms with Gasteiger partial charge < -0.3 is 23.9 Å². The van der Waals surface area contributed by atoms with E-state index in [2.05, 4.69) is 5.32 Å². The van der Waals surface area contributed by atoms with Crippen LogP contribution in [-0.2, 0) is 16.1 Å². The van der Waals surface area contributed by atoms with Crippen LogP contribution in [-0.4, -0.2) is 25.6 Å². The molecule has 1 aliphatic rings. The minimum atomic E-state index is -0.474. The second-order valence-corrected chi connectivity index (χ2v) is 7.60. The number of para-hydroxylation sites is 1. The predicted octanol–water partition coefficient (Wildman–Crippen LogP) is 4.16. The van der Waals surface area contributed by atoms with Gasteiger partial charge in [-0.15, -0.1) is 0 Å². The van der Waals surface area contributed by atoms with Crippen LogP contribution in [0, 0.1) is 0 Å². The lowest BCUT2D eigenvalue weighted by atomic mass is 10.1. The lowest BCUT2D eigenvalue weighted by molar-refractivity contribution is -0.118. The molecule has 3 aromatic carbocycles. The Morgan fingerprint density at radius 2 is 1.82 bits per heavy atom. The highest BCUT2D eigenvalue weighted by atomic mass is 16.5. The van der Waals surface area contributed by atoms with Gasteiger partial charge in [0.15, 0.2) is 12.4 Å². The maximum Gasteiger partial charge on any atom is 0.338 e. The van der Waals surface area contributed by atoms with Crippen LogP contribution in [0.15, 0.2) is 75.9 Å². The van der Waals surface area contributed by atoms with Gasteiger partial charge in [0, 0.05) is 16.8 Å². The lowest BCUT2D eigenvalue weighted by Crippen LogP contribution is -2.22. The van der Waals surface area contributed by atoms with E-state index in [-0.39, 0.29) is 29.5 Å². The summed E-state index contributed by atoms with van der Waals surface area (Å²) in [5, 5.41) is 3.05. The summed E-state index contributed by atoms with van der Waals surface area (Å²) in [5.74, 6) is -0.0572. The highest BCUT2D eigenvalue weighted by Crippen LogP contribution is 2.32. The first-order valence-corrected chi connectivity index (χ1v) is 10.5. The Balaban J connectivity index is 1.42. The maximum atomic E-state index is 13.2. The number of anilines is 1. The van der Waals surface area contributed by atoms with Gasteiger partial charge in [-0.1, -0.05) is 12.1 Å². The van der Waals surface area contributed by atoms with Gasteiger partial charge in [-0.3, -0.25) is 9.59 Å². The molecule has 0 atom stereocenters. The third-order valence-electron chi connectivity index (χ3n) is 5.42. The number of esters is 1. The fourth-order valence-corrected chi connectivity index (χ4v) is 3.73. The standard InChI is InChI=1S/C26H19NO7/c1-31-18-9-6-15(7-10-18)24-25(23(29)20-4-2-3-5-21(20)34-24)32-14-22(28)27-17-8-11-19-16(12-17)13-33-26(19)30/h2-12H,13-14H2,1H3,(H,27,28). The van der Waals surface area contributed by atoms with E-state index in [0.29, 0.717) is 39.1 Å². The highest BCUT2D eigenvalue weighted by molar-refractivity contribution is 5.96. The van der Waals surface area contributed by atoms with Crippen molar-refractivity contribution in [3.8, 4) is 22.8 Å². The van der Waals surface area contributed by atoms with Gasteiger partial charge in [-0.05, 0) is 54.6 Å². The van der Waals surface area contributed by atoms with Crippen molar-refractivity contribution in [1.82, 2.24) is 0 Å². The summed E-state index contributed by atoms with van der Waals surface area (Å²) in [4.78, 5) is 37.4.